The van der Waals surface area contributed by atoms with Crippen molar-refractivity contribution >= 4 is 34.2 Å². The molecule has 2 N–H and O–H groups in total. The van der Waals surface area contributed by atoms with Crippen LogP contribution < -0.4 is 10.6 Å². The third-order valence-corrected chi connectivity index (χ3v) is 5.34. The highest BCUT2D eigenvalue weighted by molar-refractivity contribution is 6.04. The van der Waals surface area contributed by atoms with E-state index < -0.39 is 0 Å². The molecule has 168 valence electrons. The van der Waals surface area contributed by atoms with Gasteiger partial charge in [0, 0.05) is 29.4 Å². The van der Waals surface area contributed by atoms with Gasteiger partial charge in [-0.3, -0.25) is 9.59 Å². The van der Waals surface area contributed by atoms with Gasteiger partial charge in [0.05, 0.1) is 6.42 Å². The fourth-order valence-corrected chi connectivity index (χ4v) is 3.66. The van der Waals surface area contributed by atoms with Crippen molar-refractivity contribution in [2.45, 2.75) is 6.42 Å². The van der Waals surface area contributed by atoms with Crippen molar-refractivity contribution in [3.05, 3.63) is 96.5 Å². The number of carbonyl (C=O) groups excluding carboxylic acids is 2. The smallest absolute Gasteiger partial charge is 0.291 e. The Hall–Kier alpha value is -4.72. The van der Waals surface area contributed by atoms with Crippen molar-refractivity contribution in [3.63, 3.8) is 0 Å². The van der Waals surface area contributed by atoms with E-state index in [0.29, 0.717) is 17.0 Å². The van der Waals surface area contributed by atoms with Crippen LogP contribution in [0.3, 0.4) is 0 Å². The Morgan fingerprint density at radius 3 is 2.50 bits per heavy atom. The van der Waals surface area contributed by atoms with Gasteiger partial charge in [0.2, 0.25) is 5.91 Å². The SMILES string of the molecule is Cn1cnnc1-c1cccc(NC(=O)Cc2ccc(NC(=O)c3cc4ccccc4o3)cc2)c1. The third kappa shape index (κ3) is 4.56. The molecule has 2 amide bonds. The van der Waals surface area contributed by atoms with Gasteiger partial charge in [0.1, 0.15) is 11.9 Å². The lowest BCUT2D eigenvalue weighted by Crippen LogP contribution is -2.14. The molecule has 0 atom stereocenters. The fourth-order valence-electron chi connectivity index (χ4n) is 3.66. The number of amides is 2. The molecule has 8 nitrogen and oxygen atoms in total. The molecule has 0 aliphatic carbocycles. The predicted molar refractivity (Wildman–Crippen MR) is 129 cm³/mol. The molecule has 3 aromatic carbocycles. The molecule has 0 bridgehead atoms. The van der Waals surface area contributed by atoms with Crippen LogP contribution in [0.4, 0.5) is 11.4 Å². The van der Waals surface area contributed by atoms with Gasteiger partial charge in [-0.05, 0) is 42.0 Å². The second kappa shape index (κ2) is 9.03. The standard InChI is InChI=1S/C26H21N5O3/c1-31-16-27-30-25(31)19-6-4-7-21(14-19)28-24(32)13-17-9-11-20(12-10-17)29-26(33)23-15-18-5-2-3-8-22(18)34-23/h2-12,14-16H,13H2,1H3,(H,28,32)(H,29,33). The summed E-state index contributed by atoms with van der Waals surface area (Å²) in [6, 6.07) is 23.8. The topological polar surface area (TPSA) is 102 Å². The number of fused-ring (bicyclic) bond motifs is 1. The second-order valence-corrected chi connectivity index (χ2v) is 7.87. The number of aryl methyl sites for hydroxylation is 1. The van der Waals surface area contributed by atoms with Gasteiger partial charge in [0.15, 0.2) is 11.6 Å². The van der Waals surface area contributed by atoms with Crippen LogP contribution in [0.5, 0.6) is 0 Å². The molecule has 2 aromatic heterocycles. The number of rotatable bonds is 6. The van der Waals surface area contributed by atoms with Crippen LogP contribution in [0.1, 0.15) is 16.1 Å². The molecule has 0 unspecified atom stereocenters. The summed E-state index contributed by atoms with van der Waals surface area (Å²) in [7, 11) is 1.86. The summed E-state index contributed by atoms with van der Waals surface area (Å²) in [6.45, 7) is 0. The van der Waals surface area contributed by atoms with E-state index in [-0.39, 0.29) is 24.0 Å². The summed E-state index contributed by atoms with van der Waals surface area (Å²) < 4.78 is 7.41. The van der Waals surface area contributed by atoms with Crippen LogP contribution in [-0.4, -0.2) is 26.6 Å². The minimum absolute atomic E-state index is 0.144. The van der Waals surface area contributed by atoms with Gasteiger partial charge < -0.3 is 19.6 Å². The zero-order valence-electron chi connectivity index (χ0n) is 18.4. The van der Waals surface area contributed by atoms with E-state index in [1.807, 2.05) is 72.3 Å². The van der Waals surface area contributed by atoms with E-state index in [9.17, 15) is 9.59 Å². The van der Waals surface area contributed by atoms with Crippen molar-refractivity contribution in [2.24, 2.45) is 7.05 Å². The number of hydrogen-bond acceptors (Lipinski definition) is 5. The summed E-state index contributed by atoms with van der Waals surface area (Å²) in [4.78, 5) is 25.1. The summed E-state index contributed by atoms with van der Waals surface area (Å²) >= 11 is 0. The van der Waals surface area contributed by atoms with Crippen molar-refractivity contribution in [1.29, 1.82) is 0 Å². The molecular weight excluding hydrogens is 430 g/mol. The van der Waals surface area contributed by atoms with E-state index in [1.54, 1.807) is 24.5 Å². The van der Waals surface area contributed by atoms with Crippen molar-refractivity contribution in [3.8, 4) is 11.4 Å². The minimum atomic E-state index is -0.329. The van der Waals surface area contributed by atoms with Gasteiger partial charge in [-0.2, -0.15) is 0 Å². The number of nitrogens with one attached hydrogen (secondary N) is 2. The van der Waals surface area contributed by atoms with Gasteiger partial charge in [-0.15, -0.1) is 10.2 Å². The molecule has 5 aromatic rings. The van der Waals surface area contributed by atoms with Crippen LogP contribution in [0, 0.1) is 0 Å². The Morgan fingerprint density at radius 1 is 0.912 bits per heavy atom. The van der Waals surface area contributed by atoms with Crippen molar-refractivity contribution < 1.29 is 14.0 Å². The molecule has 2 heterocycles. The number of anilines is 2. The van der Waals surface area contributed by atoms with Crippen LogP contribution in [0.15, 0.2) is 89.6 Å². The normalized spacial score (nSPS) is 10.9. The number of benzene rings is 3. The first kappa shape index (κ1) is 21.1. The molecule has 0 saturated carbocycles. The summed E-state index contributed by atoms with van der Waals surface area (Å²) in [5, 5.41) is 14.6. The van der Waals surface area contributed by atoms with E-state index in [2.05, 4.69) is 20.8 Å². The Labute approximate surface area is 195 Å². The molecule has 5 rings (SSSR count). The lowest BCUT2D eigenvalue weighted by Gasteiger charge is -2.08. The second-order valence-electron chi connectivity index (χ2n) is 7.87. The lowest BCUT2D eigenvalue weighted by atomic mass is 10.1. The molecule has 0 saturated heterocycles. The Balaban J connectivity index is 1.20. The van der Waals surface area contributed by atoms with Crippen LogP contribution >= 0.6 is 0 Å². The highest BCUT2D eigenvalue weighted by Crippen LogP contribution is 2.22. The average molecular weight is 451 g/mol. The third-order valence-electron chi connectivity index (χ3n) is 5.34. The molecule has 0 spiro atoms. The van der Waals surface area contributed by atoms with Crippen molar-refractivity contribution in [2.75, 3.05) is 10.6 Å². The summed E-state index contributed by atoms with van der Waals surface area (Å²) in [5.74, 6) is 0.489. The molecule has 34 heavy (non-hydrogen) atoms. The van der Waals surface area contributed by atoms with Gasteiger partial charge in [-0.25, -0.2) is 0 Å². The number of nitrogens with zero attached hydrogens (tertiary/aromatic N) is 3. The minimum Gasteiger partial charge on any atom is -0.451 e. The van der Waals surface area contributed by atoms with E-state index in [0.717, 1.165) is 22.3 Å². The number of para-hydroxylation sites is 1. The van der Waals surface area contributed by atoms with E-state index in [4.69, 9.17) is 4.42 Å². The number of carbonyl (C=O) groups is 2. The molecule has 0 fully saturated rings. The maximum absolute atomic E-state index is 12.6. The molecule has 0 aliphatic rings. The first-order chi connectivity index (χ1) is 16.5. The molecule has 8 heteroatoms. The highest BCUT2D eigenvalue weighted by Gasteiger charge is 2.13. The Morgan fingerprint density at radius 2 is 1.74 bits per heavy atom. The van der Waals surface area contributed by atoms with Gasteiger partial charge in [-0.1, -0.05) is 42.5 Å². The maximum Gasteiger partial charge on any atom is 0.291 e. The van der Waals surface area contributed by atoms with Crippen LogP contribution in [0.25, 0.3) is 22.4 Å². The van der Waals surface area contributed by atoms with Crippen LogP contribution in [-0.2, 0) is 18.3 Å². The first-order valence-electron chi connectivity index (χ1n) is 10.7. The predicted octanol–water partition coefficient (Wildman–Crippen LogP) is 4.66. The monoisotopic (exact) mass is 451 g/mol. The van der Waals surface area contributed by atoms with Gasteiger partial charge in [0.25, 0.3) is 5.91 Å². The maximum atomic E-state index is 12.6. The average Bonchev–Trinajstić information content (AvgIpc) is 3.46. The lowest BCUT2D eigenvalue weighted by molar-refractivity contribution is -0.115. The zero-order valence-corrected chi connectivity index (χ0v) is 18.4. The number of furan rings is 1. The Bertz CT molecular complexity index is 1450. The molecular formula is C26H21N5O3. The zero-order chi connectivity index (χ0) is 23.5. The summed E-state index contributed by atoms with van der Waals surface area (Å²) in [5.41, 5.74) is 3.65. The largest absolute Gasteiger partial charge is 0.451 e. The summed E-state index contributed by atoms with van der Waals surface area (Å²) in [6.07, 6.45) is 1.83. The number of aromatic nitrogens is 3. The highest BCUT2D eigenvalue weighted by atomic mass is 16.3. The molecule has 0 aliphatic heterocycles. The van der Waals surface area contributed by atoms with Crippen LogP contribution in [0.2, 0.25) is 0 Å². The first-order valence-corrected chi connectivity index (χ1v) is 10.7. The Kier molecular flexibility index (Phi) is 5.61. The molecule has 0 radical (unpaired) electrons. The van der Waals surface area contributed by atoms with E-state index in [1.165, 1.54) is 0 Å². The van der Waals surface area contributed by atoms with Crippen molar-refractivity contribution in [1.82, 2.24) is 14.8 Å². The fraction of sp³-hybridized carbons (Fsp3) is 0.0769. The van der Waals surface area contributed by atoms with Gasteiger partial charge >= 0.3 is 0 Å². The van der Waals surface area contributed by atoms with E-state index >= 15 is 0 Å². The quantitative estimate of drug-likeness (QED) is 0.391. The number of hydrogen-bond donors (Lipinski definition) is 2.